The topological polar surface area (TPSA) is 96.9 Å². The van der Waals surface area contributed by atoms with Gasteiger partial charge in [-0.15, -0.1) is 0 Å². The van der Waals surface area contributed by atoms with Gasteiger partial charge in [0.2, 0.25) is 0 Å². The Balaban J connectivity index is 3.17. The lowest BCUT2D eigenvalue weighted by atomic mass is 10.1. The number of ether oxygens (including phenoxy) is 1. The average molecular weight is 305 g/mol. The molecule has 1 aromatic carbocycles. The van der Waals surface area contributed by atoms with Gasteiger partial charge in [0.05, 0.1) is 17.4 Å². The number of benzene rings is 1. The molecule has 4 N–H and O–H groups in total. The Morgan fingerprint density at radius 2 is 2.05 bits per heavy atom. The van der Waals surface area contributed by atoms with Crippen LogP contribution < -0.4 is 11.1 Å². The molecule has 21 heavy (non-hydrogen) atoms. The number of anilines is 1. The van der Waals surface area contributed by atoms with Crippen LogP contribution in [0, 0.1) is 0 Å². The molecule has 0 saturated heterocycles. The van der Waals surface area contributed by atoms with Crippen LogP contribution in [0.25, 0.3) is 0 Å². The molecule has 6 nitrogen and oxygen atoms in total. The first kappa shape index (κ1) is 16.6. The van der Waals surface area contributed by atoms with Crippen LogP contribution >= 0.6 is 0 Å². The fraction of sp³-hybridized carbons (Fsp3) is 0.333. The molecule has 9 heteroatoms. The molecule has 0 fully saturated rings. The van der Waals surface area contributed by atoms with Gasteiger partial charge in [0.25, 0.3) is 0 Å². The van der Waals surface area contributed by atoms with Crippen LogP contribution in [-0.4, -0.2) is 23.2 Å². The maximum absolute atomic E-state index is 12.6. The van der Waals surface area contributed by atoms with E-state index in [9.17, 15) is 18.0 Å². The van der Waals surface area contributed by atoms with Gasteiger partial charge in [0, 0.05) is 5.56 Å². The first-order valence-electron chi connectivity index (χ1n) is 5.82. The third-order valence-electron chi connectivity index (χ3n) is 2.31. The Labute approximate surface area is 118 Å². The highest BCUT2D eigenvalue weighted by Crippen LogP contribution is 2.31. The van der Waals surface area contributed by atoms with Crippen LogP contribution in [0.15, 0.2) is 23.4 Å². The lowest BCUT2D eigenvalue weighted by Gasteiger charge is -2.14. The summed E-state index contributed by atoms with van der Waals surface area (Å²) < 4.78 is 42.7. The van der Waals surface area contributed by atoms with Gasteiger partial charge < -0.3 is 15.7 Å². The van der Waals surface area contributed by atoms with Crippen molar-refractivity contribution in [1.29, 1.82) is 0 Å². The minimum atomic E-state index is -4.60. The van der Waals surface area contributed by atoms with E-state index in [1.165, 1.54) is 0 Å². The fourth-order valence-corrected chi connectivity index (χ4v) is 1.45. The molecule has 0 bridgehead atoms. The maximum Gasteiger partial charge on any atom is 0.416 e. The highest BCUT2D eigenvalue weighted by atomic mass is 19.4. The number of halogens is 3. The van der Waals surface area contributed by atoms with E-state index in [1.54, 1.807) is 13.8 Å². The summed E-state index contributed by atoms with van der Waals surface area (Å²) in [6.45, 7) is 3.22. The van der Waals surface area contributed by atoms with E-state index in [0.29, 0.717) is 6.07 Å². The highest BCUT2D eigenvalue weighted by molar-refractivity contribution is 6.04. The quantitative estimate of drug-likeness (QED) is 0.346. The van der Waals surface area contributed by atoms with Gasteiger partial charge >= 0.3 is 12.3 Å². The van der Waals surface area contributed by atoms with Crippen molar-refractivity contribution in [3.05, 3.63) is 29.3 Å². The summed E-state index contributed by atoms with van der Waals surface area (Å²) in [4.78, 5) is 11.5. The predicted octanol–water partition coefficient (Wildman–Crippen LogP) is 2.76. The minimum absolute atomic E-state index is 0.0658. The molecule has 0 saturated carbocycles. The molecule has 0 unspecified atom stereocenters. The Morgan fingerprint density at radius 1 is 1.43 bits per heavy atom. The zero-order valence-corrected chi connectivity index (χ0v) is 11.2. The molecule has 0 atom stereocenters. The number of rotatable bonds is 3. The molecule has 116 valence electrons. The SMILES string of the molecule is CC(C)OC(=O)Nc1ccc(C(F)(F)F)cc1/C(N)=N/O. The predicted molar refractivity (Wildman–Crippen MR) is 69.2 cm³/mol. The summed E-state index contributed by atoms with van der Waals surface area (Å²) in [7, 11) is 0. The summed E-state index contributed by atoms with van der Waals surface area (Å²) in [5, 5.41) is 13.5. The first-order chi connectivity index (χ1) is 9.65. The van der Waals surface area contributed by atoms with Gasteiger partial charge in [-0.25, -0.2) is 4.79 Å². The van der Waals surface area contributed by atoms with Crippen molar-refractivity contribution in [1.82, 2.24) is 0 Å². The second-order valence-corrected chi connectivity index (χ2v) is 4.32. The molecule has 0 aliphatic carbocycles. The summed E-state index contributed by atoms with van der Waals surface area (Å²) in [6.07, 6.45) is -5.87. The largest absolute Gasteiger partial charge is 0.447 e. The van der Waals surface area contributed by atoms with Gasteiger partial charge in [-0.3, -0.25) is 5.32 Å². The van der Waals surface area contributed by atoms with Crippen molar-refractivity contribution < 1.29 is 27.9 Å². The zero-order valence-electron chi connectivity index (χ0n) is 11.2. The normalized spacial score (nSPS) is 12.4. The van der Waals surface area contributed by atoms with Crippen molar-refractivity contribution in [2.75, 3.05) is 5.32 Å². The van der Waals surface area contributed by atoms with Gasteiger partial charge in [-0.1, -0.05) is 5.16 Å². The number of hydrogen-bond donors (Lipinski definition) is 3. The van der Waals surface area contributed by atoms with E-state index in [-0.39, 0.29) is 11.3 Å². The van der Waals surface area contributed by atoms with E-state index in [1.807, 2.05) is 0 Å². The molecule has 0 aliphatic rings. The fourth-order valence-electron chi connectivity index (χ4n) is 1.45. The minimum Gasteiger partial charge on any atom is -0.447 e. The van der Waals surface area contributed by atoms with Crippen LogP contribution in [0.2, 0.25) is 0 Å². The van der Waals surface area contributed by atoms with Crippen molar-refractivity contribution in [3.8, 4) is 0 Å². The molecular formula is C12H14F3N3O3. The number of carbonyl (C=O) groups is 1. The number of nitrogens with one attached hydrogen (secondary N) is 1. The van der Waals surface area contributed by atoms with Crippen molar-refractivity contribution in [3.63, 3.8) is 0 Å². The maximum atomic E-state index is 12.6. The van der Waals surface area contributed by atoms with E-state index < -0.39 is 29.8 Å². The van der Waals surface area contributed by atoms with Crippen LogP contribution in [0.3, 0.4) is 0 Å². The van der Waals surface area contributed by atoms with E-state index in [4.69, 9.17) is 15.7 Å². The second-order valence-electron chi connectivity index (χ2n) is 4.32. The van der Waals surface area contributed by atoms with Gasteiger partial charge in [-0.05, 0) is 32.0 Å². The number of nitrogens with two attached hydrogens (primary N) is 1. The second kappa shape index (κ2) is 6.33. The van der Waals surface area contributed by atoms with Crippen LogP contribution in [0.1, 0.15) is 25.0 Å². The van der Waals surface area contributed by atoms with Crippen LogP contribution in [-0.2, 0) is 10.9 Å². The molecule has 0 heterocycles. The Bertz CT molecular complexity index is 556. The third kappa shape index (κ3) is 4.55. The molecule has 0 spiro atoms. The number of amides is 1. The van der Waals surface area contributed by atoms with Crippen molar-refractivity contribution >= 4 is 17.6 Å². The van der Waals surface area contributed by atoms with Crippen LogP contribution in [0.4, 0.5) is 23.7 Å². The molecule has 0 radical (unpaired) electrons. The smallest absolute Gasteiger partial charge is 0.416 e. The highest BCUT2D eigenvalue weighted by Gasteiger charge is 2.31. The lowest BCUT2D eigenvalue weighted by molar-refractivity contribution is -0.137. The summed E-state index contributed by atoms with van der Waals surface area (Å²) in [5.41, 5.74) is 3.99. The van der Waals surface area contributed by atoms with Gasteiger partial charge in [0.15, 0.2) is 5.84 Å². The number of oxime groups is 1. The van der Waals surface area contributed by atoms with Crippen LogP contribution in [0.5, 0.6) is 0 Å². The standard InChI is InChI=1S/C12H14F3N3O3/c1-6(2)21-11(19)17-9-4-3-7(12(13,14)15)5-8(9)10(16)18-20/h3-6,20H,1-2H3,(H2,16,18)(H,17,19). The Kier molecular flexibility index (Phi) is 5.01. The third-order valence-corrected chi connectivity index (χ3v) is 2.31. The van der Waals surface area contributed by atoms with Crippen molar-refractivity contribution in [2.45, 2.75) is 26.1 Å². The Hall–Kier alpha value is -2.45. The number of amidine groups is 1. The molecule has 1 rings (SSSR count). The summed E-state index contributed by atoms with van der Waals surface area (Å²) in [5.74, 6) is -0.569. The molecule has 0 aromatic heterocycles. The van der Waals surface area contributed by atoms with Gasteiger partial charge in [-0.2, -0.15) is 13.2 Å². The lowest BCUT2D eigenvalue weighted by Crippen LogP contribution is -2.22. The number of alkyl halides is 3. The average Bonchev–Trinajstić information content (AvgIpc) is 2.35. The number of carbonyl (C=O) groups excluding carboxylic acids is 1. The van der Waals surface area contributed by atoms with Crippen molar-refractivity contribution in [2.24, 2.45) is 10.9 Å². The van der Waals surface area contributed by atoms with E-state index in [0.717, 1.165) is 12.1 Å². The summed E-state index contributed by atoms with van der Waals surface area (Å²) >= 11 is 0. The molecule has 1 aromatic rings. The molecule has 0 aliphatic heterocycles. The Morgan fingerprint density at radius 3 is 2.52 bits per heavy atom. The first-order valence-corrected chi connectivity index (χ1v) is 5.82. The molecule has 1 amide bonds. The van der Waals surface area contributed by atoms with Gasteiger partial charge in [0.1, 0.15) is 0 Å². The van der Waals surface area contributed by atoms with E-state index in [2.05, 4.69) is 10.5 Å². The van der Waals surface area contributed by atoms with E-state index >= 15 is 0 Å². The monoisotopic (exact) mass is 305 g/mol. The zero-order chi connectivity index (χ0) is 16.2. The number of hydrogen-bond acceptors (Lipinski definition) is 4. The number of nitrogens with zero attached hydrogens (tertiary/aromatic N) is 1. The summed E-state index contributed by atoms with van der Waals surface area (Å²) in [6, 6.07) is 2.43. The molecular weight excluding hydrogens is 291 g/mol.